The van der Waals surface area contributed by atoms with Gasteiger partial charge in [-0.2, -0.15) is 4.98 Å². The summed E-state index contributed by atoms with van der Waals surface area (Å²) in [6, 6.07) is 10.2. The molecule has 2 N–H and O–H groups in total. The Hall–Kier alpha value is -2.61. The van der Waals surface area contributed by atoms with Gasteiger partial charge >= 0.3 is 0 Å². The fourth-order valence-electron chi connectivity index (χ4n) is 4.88. The lowest BCUT2D eigenvalue weighted by Crippen LogP contribution is -2.63. The Kier molecular flexibility index (Phi) is 6.16. The maximum absolute atomic E-state index is 12.4. The van der Waals surface area contributed by atoms with Crippen LogP contribution in [-0.4, -0.2) is 50.4 Å². The van der Waals surface area contributed by atoms with E-state index < -0.39 is 11.2 Å². The molecule has 1 aromatic carbocycles. The van der Waals surface area contributed by atoms with E-state index in [0.29, 0.717) is 17.0 Å². The second-order valence-electron chi connectivity index (χ2n) is 10.2. The van der Waals surface area contributed by atoms with Crippen LogP contribution in [0.3, 0.4) is 0 Å². The zero-order chi connectivity index (χ0) is 23.9. The molecule has 0 amide bonds. The fourth-order valence-corrected chi connectivity index (χ4v) is 4.88. The average molecular weight is 451 g/mol. The van der Waals surface area contributed by atoms with Gasteiger partial charge in [-0.3, -0.25) is 4.98 Å². The van der Waals surface area contributed by atoms with Crippen molar-refractivity contribution in [3.05, 3.63) is 65.3 Å². The van der Waals surface area contributed by atoms with Crippen molar-refractivity contribution in [3.8, 4) is 11.4 Å². The van der Waals surface area contributed by atoms with Crippen molar-refractivity contribution in [2.75, 3.05) is 20.1 Å². The lowest BCUT2D eigenvalue weighted by Gasteiger charge is -2.55. The summed E-state index contributed by atoms with van der Waals surface area (Å²) >= 11 is 0. The zero-order valence-electron chi connectivity index (χ0n) is 20.2. The summed E-state index contributed by atoms with van der Waals surface area (Å²) in [4.78, 5) is 11.0. The first-order valence-corrected chi connectivity index (χ1v) is 11.6. The summed E-state index contributed by atoms with van der Waals surface area (Å²) in [5.41, 5.74) is 0.573. The second kappa shape index (κ2) is 8.63. The number of benzene rings is 1. The van der Waals surface area contributed by atoms with Gasteiger partial charge in [-0.25, -0.2) is 0 Å². The van der Waals surface area contributed by atoms with E-state index >= 15 is 0 Å². The van der Waals surface area contributed by atoms with Gasteiger partial charge in [0.15, 0.2) is 0 Å². The third kappa shape index (κ3) is 4.33. The number of aromatic nitrogens is 3. The summed E-state index contributed by atoms with van der Waals surface area (Å²) in [7, 11) is 2.06. The molecule has 7 heteroatoms. The molecule has 0 saturated carbocycles. The molecule has 1 aliphatic rings. The van der Waals surface area contributed by atoms with Gasteiger partial charge in [0.05, 0.1) is 0 Å². The van der Waals surface area contributed by atoms with E-state index in [2.05, 4.69) is 53.1 Å². The smallest absolute Gasteiger partial charge is 0.258 e. The van der Waals surface area contributed by atoms with E-state index in [9.17, 15) is 10.2 Å². The number of rotatable bonds is 8. The van der Waals surface area contributed by atoms with Crippen molar-refractivity contribution < 1.29 is 14.7 Å². The molecule has 0 spiro atoms. The minimum atomic E-state index is -1.24. The van der Waals surface area contributed by atoms with E-state index in [1.165, 1.54) is 5.56 Å². The Morgan fingerprint density at radius 2 is 1.79 bits per heavy atom. The molecule has 1 atom stereocenters. The lowest BCUT2D eigenvalue weighted by atomic mass is 9.62. The summed E-state index contributed by atoms with van der Waals surface area (Å²) in [5.74, 6) is 0.461. The molecule has 3 heterocycles. The van der Waals surface area contributed by atoms with E-state index in [0.717, 1.165) is 37.9 Å². The Morgan fingerprint density at radius 3 is 2.36 bits per heavy atom. The fraction of sp³-hybridized carbons (Fsp3) is 0.500. The molecule has 4 rings (SSSR count). The molecule has 1 aliphatic heterocycles. The molecule has 7 nitrogen and oxygen atoms in total. The third-order valence-electron chi connectivity index (χ3n) is 6.67. The maximum atomic E-state index is 12.4. The van der Waals surface area contributed by atoms with Crippen LogP contribution in [0.25, 0.3) is 11.4 Å². The van der Waals surface area contributed by atoms with Crippen LogP contribution in [0.15, 0.2) is 47.2 Å². The second-order valence-corrected chi connectivity index (χ2v) is 10.2. The Balaban J connectivity index is 1.76. The van der Waals surface area contributed by atoms with Crippen LogP contribution in [0.2, 0.25) is 0 Å². The van der Waals surface area contributed by atoms with Crippen LogP contribution in [0.1, 0.15) is 63.1 Å². The molecule has 0 bridgehead atoms. The predicted octanol–water partition coefficient (Wildman–Crippen LogP) is 3.89. The highest BCUT2D eigenvalue weighted by molar-refractivity contribution is 5.56. The molecule has 1 saturated heterocycles. The van der Waals surface area contributed by atoms with Gasteiger partial charge < -0.3 is 19.6 Å². The predicted molar refractivity (Wildman–Crippen MR) is 126 cm³/mol. The van der Waals surface area contributed by atoms with Crippen molar-refractivity contribution in [1.82, 2.24) is 20.0 Å². The van der Waals surface area contributed by atoms with Gasteiger partial charge in [0, 0.05) is 42.0 Å². The van der Waals surface area contributed by atoms with Crippen LogP contribution < -0.4 is 0 Å². The van der Waals surface area contributed by atoms with Crippen molar-refractivity contribution in [2.24, 2.45) is 5.41 Å². The van der Waals surface area contributed by atoms with Crippen molar-refractivity contribution in [2.45, 2.75) is 58.2 Å². The summed E-state index contributed by atoms with van der Waals surface area (Å²) in [5, 5.41) is 26.5. The maximum Gasteiger partial charge on any atom is 0.258 e. The first-order valence-electron chi connectivity index (χ1n) is 11.6. The third-order valence-corrected chi connectivity index (χ3v) is 6.67. The van der Waals surface area contributed by atoms with Gasteiger partial charge in [0.1, 0.15) is 11.2 Å². The number of hydrogen-bond donors (Lipinski definition) is 2. The van der Waals surface area contributed by atoms with Gasteiger partial charge in [-0.05, 0) is 50.9 Å². The van der Waals surface area contributed by atoms with Crippen LogP contribution in [0.4, 0.5) is 0 Å². The SMILES string of the molecule is CCCCc1ccc([C@](O)(c2cncc(-c3noc(C(C)(C)O)n3)c2)C2(C)CN(C)C2)cc1. The van der Waals surface area contributed by atoms with E-state index in [1.807, 2.05) is 18.2 Å². The minimum Gasteiger partial charge on any atom is -0.381 e. The topological polar surface area (TPSA) is 95.5 Å². The molecule has 1 fully saturated rings. The Morgan fingerprint density at radius 1 is 1.09 bits per heavy atom. The number of pyridine rings is 1. The molecule has 0 unspecified atom stereocenters. The number of nitrogens with zero attached hydrogens (tertiary/aromatic N) is 4. The molecule has 2 aromatic heterocycles. The summed E-state index contributed by atoms with van der Waals surface area (Å²) in [6.07, 6.45) is 6.70. The van der Waals surface area contributed by atoms with Gasteiger partial charge in [-0.1, -0.05) is 49.7 Å². The number of aryl methyl sites for hydroxylation is 1. The van der Waals surface area contributed by atoms with Gasteiger partial charge in [0.2, 0.25) is 5.82 Å². The van der Waals surface area contributed by atoms with Crippen LogP contribution in [0.5, 0.6) is 0 Å². The van der Waals surface area contributed by atoms with Gasteiger partial charge in [-0.15, -0.1) is 0 Å². The lowest BCUT2D eigenvalue weighted by molar-refractivity contribution is -0.127. The number of aliphatic hydroxyl groups is 2. The monoisotopic (exact) mass is 450 g/mol. The van der Waals surface area contributed by atoms with E-state index in [4.69, 9.17) is 4.52 Å². The highest BCUT2D eigenvalue weighted by atomic mass is 16.5. The van der Waals surface area contributed by atoms with Crippen LogP contribution >= 0.6 is 0 Å². The average Bonchev–Trinajstić information content (AvgIpc) is 3.28. The van der Waals surface area contributed by atoms with Crippen molar-refractivity contribution in [1.29, 1.82) is 0 Å². The standard InChI is InChI=1S/C26H34N4O3/c1-6-7-8-18-9-11-20(12-10-18)26(32,25(4)16-30(5)17-25)21-13-19(14-27-15-21)22-28-23(33-29-22)24(2,3)31/h9-15,31-32H,6-8,16-17H2,1-5H3/t26-/m0/s1. The number of hydrogen-bond acceptors (Lipinski definition) is 7. The summed E-state index contributed by atoms with van der Waals surface area (Å²) < 4.78 is 5.24. The molecule has 176 valence electrons. The summed E-state index contributed by atoms with van der Waals surface area (Å²) in [6.45, 7) is 9.01. The minimum absolute atomic E-state index is 0.133. The van der Waals surface area contributed by atoms with Crippen molar-refractivity contribution in [3.63, 3.8) is 0 Å². The number of unbranched alkanes of at least 4 members (excludes halogenated alkanes) is 1. The number of likely N-dealkylation sites (tertiary alicyclic amines) is 1. The normalized spacial score (nSPS) is 18.0. The van der Waals surface area contributed by atoms with E-state index in [1.54, 1.807) is 26.2 Å². The van der Waals surface area contributed by atoms with Crippen molar-refractivity contribution >= 4 is 0 Å². The highest BCUT2D eigenvalue weighted by Crippen LogP contribution is 2.50. The first-order chi connectivity index (χ1) is 15.6. The van der Waals surface area contributed by atoms with Gasteiger partial charge in [0.25, 0.3) is 5.89 Å². The Labute approximate surface area is 195 Å². The Bertz CT molecular complexity index is 1100. The zero-order valence-corrected chi connectivity index (χ0v) is 20.2. The molecular weight excluding hydrogens is 416 g/mol. The molecule has 3 aromatic rings. The molecular formula is C26H34N4O3. The molecule has 0 radical (unpaired) electrons. The van der Waals surface area contributed by atoms with Crippen LogP contribution in [-0.2, 0) is 17.6 Å². The van der Waals surface area contributed by atoms with Crippen LogP contribution in [0, 0.1) is 5.41 Å². The first kappa shape index (κ1) is 23.5. The molecule has 33 heavy (non-hydrogen) atoms. The molecule has 0 aliphatic carbocycles. The van der Waals surface area contributed by atoms with E-state index in [-0.39, 0.29) is 11.3 Å². The quantitative estimate of drug-likeness (QED) is 0.537. The highest BCUT2D eigenvalue weighted by Gasteiger charge is 2.55. The largest absolute Gasteiger partial charge is 0.381 e.